The number of nitrogens with one attached hydrogen (secondary N) is 1. The maximum Gasteiger partial charge on any atom is 0.251 e. The molecule has 0 bridgehead atoms. The van der Waals surface area contributed by atoms with Gasteiger partial charge < -0.3 is 10.1 Å². The van der Waals surface area contributed by atoms with Crippen LogP contribution in [0.2, 0.25) is 0 Å². The highest BCUT2D eigenvalue weighted by atomic mass is 16.5. The number of fused-ring (bicyclic) bond motifs is 1. The van der Waals surface area contributed by atoms with Crippen LogP contribution in [0.15, 0.2) is 42.5 Å². The molecule has 0 saturated heterocycles. The Hall–Kier alpha value is -2.29. The standard InChI is InChI=1S/C23H29NO2/c1-3-15-26-21-13-11-18(12-14-21)23(25)24-22(4-2)20-10-9-17-7-5-6-8-19(17)16-20/h9-14,16,22H,3-8,15H2,1-2H3,(H,24,25)/t22-/m1/s1. The lowest BCUT2D eigenvalue weighted by Crippen LogP contribution is -2.28. The first-order chi connectivity index (χ1) is 12.7. The van der Waals surface area contributed by atoms with E-state index < -0.39 is 0 Å². The van der Waals surface area contributed by atoms with Crippen LogP contribution in [0.3, 0.4) is 0 Å². The van der Waals surface area contributed by atoms with Crippen molar-refractivity contribution >= 4 is 5.91 Å². The second-order valence-electron chi connectivity index (χ2n) is 7.04. The first-order valence-electron chi connectivity index (χ1n) is 9.86. The highest BCUT2D eigenvalue weighted by Gasteiger charge is 2.17. The Labute approximate surface area is 156 Å². The van der Waals surface area contributed by atoms with Crippen LogP contribution in [-0.4, -0.2) is 12.5 Å². The summed E-state index contributed by atoms with van der Waals surface area (Å²) in [5.74, 6) is 0.779. The van der Waals surface area contributed by atoms with Crippen LogP contribution in [0.4, 0.5) is 0 Å². The maximum absolute atomic E-state index is 12.6. The van der Waals surface area contributed by atoms with Gasteiger partial charge in [0, 0.05) is 5.56 Å². The van der Waals surface area contributed by atoms with Crippen LogP contribution in [-0.2, 0) is 12.8 Å². The molecule has 0 unspecified atom stereocenters. The fourth-order valence-corrected chi connectivity index (χ4v) is 3.56. The molecule has 1 N–H and O–H groups in total. The maximum atomic E-state index is 12.6. The minimum Gasteiger partial charge on any atom is -0.494 e. The van der Waals surface area contributed by atoms with Crippen molar-refractivity contribution in [3.8, 4) is 5.75 Å². The van der Waals surface area contributed by atoms with E-state index in [2.05, 4.69) is 37.4 Å². The van der Waals surface area contributed by atoms with Crippen molar-refractivity contribution in [1.29, 1.82) is 0 Å². The van der Waals surface area contributed by atoms with E-state index in [1.54, 1.807) is 0 Å². The van der Waals surface area contributed by atoms with E-state index in [-0.39, 0.29) is 11.9 Å². The van der Waals surface area contributed by atoms with Gasteiger partial charge >= 0.3 is 0 Å². The summed E-state index contributed by atoms with van der Waals surface area (Å²) < 4.78 is 5.58. The highest BCUT2D eigenvalue weighted by molar-refractivity contribution is 5.94. The Bertz CT molecular complexity index is 736. The summed E-state index contributed by atoms with van der Waals surface area (Å²) in [5.41, 5.74) is 4.82. The van der Waals surface area contributed by atoms with Crippen LogP contribution < -0.4 is 10.1 Å². The number of ether oxygens (including phenoxy) is 1. The van der Waals surface area contributed by atoms with Gasteiger partial charge in [-0.15, -0.1) is 0 Å². The Morgan fingerprint density at radius 3 is 2.46 bits per heavy atom. The molecule has 1 atom stereocenters. The molecule has 0 aromatic heterocycles. The van der Waals surface area contributed by atoms with Gasteiger partial charge in [-0.25, -0.2) is 0 Å². The molecule has 1 aliphatic rings. The minimum absolute atomic E-state index is 0.0309. The molecule has 2 aromatic rings. The summed E-state index contributed by atoms with van der Waals surface area (Å²) in [6, 6.07) is 14.2. The molecule has 0 radical (unpaired) electrons. The number of aryl methyl sites for hydroxylation is 2. The molecule has 0 aliphatic heterocycles. The van der Waals surface area contributed by atoms with Gasteiger partial charge in [-0.1, -0.05) is 32.0 Å². The lowest BCUT2D eigenvalue weighted by molar-refractivity contribution is 0.0935. The van der Waals surface area contributed by atoms with Crippen molar-refractivity contribution in [3.05, 3.63) is 64.7 Å². The van der Waals surface area contributed by atoms with Gasteiger partial charge in [-0.2, -0.15) is 0 Å². The SMILES string of the molecule is CCCOc1ccc(C(=O)N[C@H](CC)c2ccc3c(c2)CCCC3)cc1. The van der Waals surface area contributed by atoms with E-state index in [0.717, 1.165) is 25.0 Å². The molecule has 2 aromatic carbocycles. The molecule has 0 heterocycles. The third-order valence-electron chi connectivity index (χ3n) is 5.08. The van der Waals surface area contributed by atoms with Gasteiger partial charge in [0.15, 0.2) is 0 Å². The summed E-state index contributed by atoms with van der Waals surface area (Å²) in [4.78, 5) is 12.6. The van der Waals surface area contributed by atoms with E-state index in [4.69, 9.17) is 4.74 Å². The number of amides is 1. The molecule has 3 nitrogen and oxygen atoms in total. The fourth-order valence-electron chi connectivity index (χ4n) is 3.56. The van der Waals surface area contributed by atoms with Crippen molar-refractivity contribution in [2.75, 3.05) is 6.61 Å². The minimum atomic E-state index is -0.0309. The Balaban J connectivity index is 1.68. The smallest absolute Gasteiger partial charge is 0.251 e. The fraction of sp³-hybridized carbons (Fsp3) is 0.435. The highest BCUT2D eigenvalue weighted by Crippen LogP contribution is 2.26. The van der Waals surface area contributed by atoms with Gasteiger partial charge in [-0.05, 0) is 79.5 Å². The molecule has 1 aliphatic carbocycles. The molecule has 1 amide bonds. The predicted molar refractivity (Wildman–Crippen MR) is 106 cm³/mol. The summed E-state index contributed by atoms with van der Waals surface area (Å²) in [6.45, 7) is 4.89. The average Bonchev–Trinajstić information content (AvgIpc) is 2.70. The quantitative estimate of drug-likeness (QED) is 0.741. The average molecular weight is 351 g/mol. The summed E-state index contributed by atoms with van der Waals surface area (Å²) >= 11 is 0. The summed E-state index contributed by atoms with van der Waals surface area (Å²) in [7, 11) is 0. The van der Waals surface area contributed by atoms with Crippen LogP contribution in [0.25, 0.3) is 0 Å². The normalized spacial score (nSPS) is 14.4. The number of carbonyl (C=O) groups is 1. The number of rotatable bonds is 7. The first-order valence-corrected chi connectivity index (χ1v) is 9.86. The topological polar surface area (TPSA) is 38.3 Å². The van der Waals surface area contributed by atoms with Crippen molar-refractivity contribution in [3.63, 3.8) is 0 Å². The molecule has 26 heavy (non-hydrogen) atoms. The third-order valence-corrected chi connectivity index (χ3v) is 5.08. The number of carbonyl (C=O) groups excluding carboxylic acids is 1. The molecular weight excluding hydrogens is 322 g/mol. The summed E-state index contributed by atoms with van der Waals surface area (Å²) in [6.07, 6.45) is 6.76. The van der Waals surface area contributed by atoms with E-state index in [1.165, 1.54) is 36.0 Å². The molecule has 3 rings (SSSR count). The Morgan fingerprint density at radius 1 is 1.04 bits per heavy atom. The van der Waals surface area contributed by atoms with Crippen molar-refractivity contribution < 1.29 is 9.53 Å². The molecule has 0 saturated carbocycles. The van der Waals surface area contributed by atoms with Crippen LogP contribution in [0.5, 0.6) is 5.75 Å². The molecule has 0 fully saturated rings. The predicted octanol–water partition coefficient (Wildman–Crippen LogP) is 5.24. The zero-order valence-corrected chi connectivity index (χ0v) is 15.9. The lowest BCUT2D eigenvalue weighted by Gasteiger charge is -2.22. The van der Waals surface area contributed by atoms with Gasteiger partial charge in [0.1, 0.15) is 5.75 Å². The summed E-state index contributed by atoms with van der Waals surface area (Å²) in [5, 5.41) is 3.19. The van der Waals surface area contributed by atoms with E-state index in [9.17, 15) is 4.79 Å². The van der Waals surface area contributed by atoms with Crippen LogP contribution in [0.1, 0.15) is 72.6 Å². The number of hydrogen-bond donors (Lipinski definition) is 1. The van der Waals surface area contributed by atoms with E-state index in [1.807, 2.05) is 24.3 Å². The Kier molecular flexibility index (Phi) is 6.32. The van der Waals surface area contributed by atoms with Gasteiger partial charge in [0.05, 0.1) is 12.6 Å². The molecular formula is C23H29NO2. The molecule has 138 valence electrons. The second-order valence-corrected chi connectivity index (χ2v) is 7.04. The number of benzene rings is 2. The first kappa shape index (κ1) is 18.5. The van der Waals surface area contributed by atoms with E-state index >= 15 is 0 Å². The molecule has 0 spiro atoms. The van der Waals surface area contributed by atoms with Crippen molar-refractivity contribution in [1.82, 2.24) is 5.32 Å². The molecule has 3 heteroatoms. The van der Waals surface area contributed by atoms with Crippen LogP contribution >= 0.6 is 0 Å². The van der Waals surface area contributed by atoms with Crippen molar-refractivity contribution in [2.24, 2.45) is 0 Å². The monoisotopic (exact) mass is 351 g/mol. The number of hydrogen-bond acceptors (Lipinski definition) is 2. The van der Waals surface area contributed by atoms with Crippen molar-refractivity contribution in [2.45, 2.75) is 58.4 Å². The Morgan fingerprint density at radius 2 is 1.77 bits per heavy atom. The van der Waals surface area contributed by atoms with E-state index in [0.29, 0.717) is 12.2 Å². The lowest BCUT2D eigenvalue weighted by atomic mass is 9.88. The van der Waals surface area contributed by atoms with Gasteiger partial charge in [0.25, 0.3) is 5.91 Å². The van der Waals surface area contributed by atoms with Gasteiger partial charge in [0.2, 0.25) is 0 Å². The third kappa shape index (κ3) is 4.46. The van der Waals surface area contributed by atoms with Gasteiger partial charge in [-0.3, -0.25) is 4.79 Å². The second kappa shape index (κ2) is 8.88. The largest absolute Gasteiger partial charge is 0.494 e. The zero-order chi connectivity index (χ0) is 18.4. The van der Waals surface area contributed by atoms with Crippen LogP contribution in [0, 0.1) is 0 Å². The zero-order valence-electron chi connectivity index (χ0n) is 15.9.